The maximum atomic E-state index is 12.7. The molecule has 2 aromatic rings. The van der Waals surface area contributed by atoms with Crippen molar-refractivity contribution in [3.8, 4) is 6.07 Å². The Labute approximate surface area is 147 Å². The second-order valence-electron chi connectivity index (χ2n) is 6.74. The lowest BCUT2D eigenvalue weighted by molar-refractivity contribution is 0.0761. The number of aromatic amines is 1. The van der Waals surface area contributed by atoms with E-state index in [0.29, 0.717) is 23.7 Å². The number of benzene rings is 1. The van der Waals surface area contributed by atoms with Crippen molar-refractivity contribution in [2.45, 2.75) is 25.2 Å². The van der Waals surface area contributed by atoms with Crippen LogP contribution in [0.15, 0.2) is 30.3 Å². The highest BCUT2D eigenvalue weighted by molar-refractivity contribution is 5.92. The van der Waals surface area contributed by atoms with Gasteiger partial charge in [0.05, 0.1) is 11.3 Å². The second kappa shape index (κ2) is 6.60. The Morgan fingerprint density at radius 2 is 2.04 bits per heavy atom. The molecule has 0 atom stereocenters. The number of nitriles is 1. The third kappa shape index (κ3) is 3.22. The van der Waals surface area contributed by atoms with Gasteiger partial charge in [0.25, 0.3) is 5.91 Å². The Kier molecular flexibility index (Phi) is 4.14. The number of aromatic nitrogens is 2. The highest BCUT2D eigenvalue weighted by atomic mass is 16.2. The van der Waals surface area contributed by atoms with E-state index >= 15 is 0 Å². The standard InChI is InChI=1S/C19H21N5O/c20-13-15-4-1-2-5-18(15)23-8-3-9-24(11-10-23)19(25)17-12-16(21-22-17)14-6-7-14/h1-2,4-5,12,14H,3,6-11H2,(H,21,22). The fraction of sp³-hybridized carbons (Fsp3) is 0.421. The number of nitrogens with one attached hydrogen (secondary N) is 1. The first-order valence-corrected chi connectivity index (χ1v) is 8.85. The lowest BCUT2D eigenvalue weighted by atomic mass is 10.1. The summed E-state index contributed by atoms with van der Waals surface area (Å²) in [5.74, 6) is 0.565. The lowest BCUT2D eigenvalue weighted by Gasteiger charge is -2.24. The van der Waals surface area contributed by atoms with Gasteiger partial charge in [0.1, 0.15) is 11.8 Å². The minimum Gasteiger partial charge on any atom is -0.369 e. The number of hydrogen-bond donors (Lipinski definition) is 1. The molecule has 1 saturated heterocycles. The van der Waals surface area contributed by atoms with Gasteiger partial charge in [-0.3, -0.25) is 9.89 Å². The topological polar surface area (TPSA) is 76.0 Å². The van der Waals surface area contributed by atoms with E-state index in [4.69, 9.17) is 0 Å². The minimum absolute atomic E-state index is 0.00133. The maximum absolute atomic E-state index is 12.7. The Hall–Kier alpha value is -2.81. The van der Waals surface area contributed by atoms with Crippen LogP contribution in [-0.2, 0) is 0 Å². The molecule has 0 spiro atoms. The summed E-state index contributed by atoms with van der Waals surface area (Å²) in [4.78, 5) is 16.8. The van der Waals surface area contributed by atoms with Gasteiger partial charge in [-0.1, -0.05) is 12.1 Å². The summed E-state index contributed by atoms with van der Waals surface area (Å²) >= 11 is 0. The van der Waals surface area contributed by atoms with Crippen LogP contribution in [0.1, 0.15) is 46.9 Å². The van der Waals surface area contributed by atoms with Gasteiger partial charge >= 0.3 is 0 Å². The van der Waals surface area contributed by atoms with Crippen molar-refractivity contribution >= 4 is 11.6 Å². The fourth-order valence-electron chi connectivity index (χ4n) is 3.42. The molecule has 2 aliphatic rings. The average molecular weight is 335 g/mol. The Morgan fingerprint density at radius 3 is 2.84 bits per heavy atom. The molecule has 1 N–H and O–H groups in total. The molecule has 1 amide bonds. The number of nitrogens with zero attached hydrogens (tertiary/aromatic N) is 4. The van der Waals surface area contributed by atoms with Crippen LogP contribution in [0.25, 0.3) is 0 Å². The van der Waals surface area contributed by atoms with E-state index in [0.717, 1.165) is 37.4 Å². The first-order valence-electron chi connectivity index (χ1n) is 8.85. The molecular formula is C19H21N5O. The van der Waals surface area contributed by atoms with Crippen molar-refractivity contribution < 1.29 is 4.79 Å². The fourth-order valence-corrected chi connectivity index (χ4v) is 3.42. The van der Waals surface area contributed by atoms with Crippen molar-refractivity contribution in [2.75, 3.05) is 31.1 Å². The second-order valence-corrected chi connectivity index (χ2v) is 6.74. The summed E-state index contributed by atoms with van der Waals surface area (Å²) in [6.07, 6.45) is 3.25. The number of rotatable bonds is 3. The molecule has 1 aliphatic carbocycles. The van der Waals surface area contributed by atoms with E-state index in [1.165, 1.54) is 12.8 Å². The SMILES string of the molecule is N#Cc1ccccc1N1CCCN(C(=O)c2cc(C3CC3)[nH]n2)CC1. The first-order chi connectivity index (χ1) is 12.3. The summed E-state index contributed by atoms with van der Waals surface area (Å²) in [5.41, 5.74) is 3.24. The van der Waals surface area contributed by atoms with E-state index in [1.807, 2.05) is 35.2 Å². The molecule has 1 aliphatic heterocycles. The Bertz CT molecular complexity index is 817. The van der Waals surface area contributed by atoms with Crippen LogP contribution in [0.3, 0.4) is 0 Å². The highest BCUT2D eigenvalue weighted by Gasteiger charge is 2.28. The number of anilines is 1. The largest absolute Gasteiger partial charge is 0.369 e. The average Bonchev–Trinajstić information content (AvgIpc) is 3.43. The molecule has 6 nitrogen and oxygen atoms in total. The van der Waals surface area contributed by atoms with E-state index in [9.17, 15) is 10.1 Å². The zero-order valence-electron chi connectivity index (χ0n) is 14.1. The van der Waals surface area contributed by atoms with Crippen LogP contribution >= 0.6 is 0 Å². The molecule has 2 fully saturated rings. The molecule has 1 aromatic carbocycles. The van der Waals surface area contributed by atoms with Crippen LogP contribution in [0.5, 0.6) is 0 Å². The predicted octanol–water partition coefficient (Wildman–Crippen LogP) is 2.51. The third-order valence-electron chi connectivity index (χ3n) is 4.98. The van der Waals surface area contributed by atoms with Crippen LogP contribution in [0.2, 0.25) is 0 Å². The summed E-state index contributed by atoms with van der Waals surface area (Å²) in [6, 6.07) is 11.8. The molecule has 1 aromatic heterocycles. The van der Waals surface area contributed by atoms with Crippen LogP contribution < -0.4 is 4.90 Å². The zero-order valence-corrected chi connectivity index (χ0v) is 14.1. The number of para-hydroxylation sites is 1. The molecule has 0 unspecified atom stereocenters. The molecule has 0 radical (unpaired) electrons. The van der Waals surface area contributed by atoms with Crippen molar-refractivity contribution in [2.24, 2.45) is 0 Å². The normalized spacial score (nSPS) is 17.9. The zero-order chi connectivity index (χ0) is 17.2. The molecule has 6 heteroatoms. The summed E-state index contributed by atoms with van der Waals surface area (Å²) in [6.45, 7) is 2.93. The molecule has 128 valence electrons. The van der Waals surface area contributed by atoms with Gasteiger partial charge in [-0.05, 0) is 37.5 Å². The van der Waals surface area contributed by atoms with E-state index < -0.39 is 0 Å². The molecule has 0 bridgehead atoms. The molecule has 25 heavy (non-hydrogen) atoms. The number of amides is 1. The van der Waals surface area contributed by atoms with Gasteiger partial charge < -0.3 is 9.80 Å². The third-order valence-corrected chi connectivity index (χ3v) is 4.98. The molecule has 4 rings (SSSR count). The quantitative estimate of drug-likeness (QED) is 0.935. The minimum atomic E-state index is -0.00133. The van der Waals surface area contributed by atoms with Crippen molar-refractivity contribution in [1.82, 2.24) is 15.1 Å². The van der Waals surface area contributed by atoms with Gasteiger partial charge in [0.15, 0.2) is 0 Å². The number of hydrogen-bond acceptors (Lipinski definition) is 4. The van der Waals surface area contributed by atoms with E-state index in [1.54, 1.807) is 0 Å². The van der Waals surface area contributed by atoms with Crippen LogP contribution in [0.4, 0.5) is 5.69 Å². The smallest absolute Gasteiger partial charge is 0.274 e. The van der Waals surface area contributed by atoms with Gasteiger partial charge in [-0.2, -0.15) is 10.4 Å². The monoisotopic (exact) mass is 335 g/mol. The van der Waals surface area contributed by atoms with Gasteiger partial charge in [-0.15, -0.1) is 0 Å². The number of carbonyl (C=O) groups is 1. The molecule has 2 heterocycles. The van der Waals surface area contributed by atoms with E-state index in [-0.39, 0.29) is 5.91 Å². The summed E-state index contributed by atoms with van der Waals surface area (Å²) < 4.78 is 0. The summed E-state index contributed by atoms with van der Waals surface area (Å²) in [5, 5.41) is 16.5. The van der Waals surface area contributed by atoms with E-state index in [2.05, 4.69) is 21.2 Å². The van der Waals surface area contributed by atoms with Crippen LogP contribution in [0, 0.1) is 11.3 Å². The summed E-state index contributed by atoms with van der Waals surface area (Å²) in [7, 11) is 0. The first kappa shape index (κ1) is 15.7. The Morgan fingerprint density at radius 1 is 1.20 bits per heavy atom. The Balaban J connectivity index is 1.45. The predicted molar refractivity (Wildman–Crippen MR) is 94.5 cm³/mol. The number of H-pyrrole nitrogens is 1. The van der Waals surface area contributed by atoms with Gasteiger partial charge in [0.2, 0.25) is 0 Å². The maximum Gasteiger partial charge on any atom is 0.274 e. The van der Waals surface area contributed by atoms with Gasteiger partial charge in [-0.25, -0.2) is 0 Å². The van der Waals surface area contributed by atoms with Crippen molar-refractivity contribution in [3.63, 3.8) is 0 Å². The van der Waals surface area contributed by atoms with Crippen molar-refractivity contribution in [3.05, 3.63) is 47.3 Å². The van der Waals surface area contributed by atoms with Crippen molar-refractivity contribution in [1.29, 1.82) is 5.26 Å². The van der Waals surface area contributed by atoms with Crippen LogP contribution in [-0.4, -0.2) is 47.2 Å². The highest BCUT2D eigenvalue weighted by Crippen LogP contribution is 2.39. The molecular weight excluding hydrogens is 314 g/mol. The molecule has 1 saturated carbocycles. The number of carbonyl (C=O) groups excluding carboxylic acids is 1. The van der Waals surface area contributed by atoms with Gasteiger partial charge in [0, 0.05) is 37.8 Å². The lowest BCUT2D eigenvalue weighted by Crippen LogP contribution is -2.35.